The van der Waals surface area contributed by atoms with Crippen molar-refractivity contribution in [2.24, 2.45) is 0 Å². The lowest BCUT2D eigenvalue weighted by molar-refractivity contribution is -0.152. The number of benzene rings is 2. The lowest BCUT2D eigenvalue weighted by atomic mass is 9.92. The number of hydrogen-bond acceptors (Lipinski definition) is 5. The maximum absolute atomic E-state index is 13.1. The number of amides is 2. The number of carbonyl (C=O) groups is 2. The monoisotopic (exact) mass is 566 g/mol. The molecule has 0 unspecified atom stereocenters. The van der Waals surface area contributed by atoms with Crippen LogP contribution in [0.1, 0.15) is 35.7 Å². The topological polar surface area (TPSA) is 76.1 Å². The third-order valence-corrected chi connectivity index (χ3v) is 8.23. The minimum Gasteiger partial charge on any atom is -0.380 e. The lowest BCUT2D eigenvalue weighted by Crippen LogP contribution is -2.61. The molecule has 38 heavy (non-hydrogen) atoms. The van der Waals surface area contributed by atoms with Crippen LogP contribution in [-0.4, -0.2) is 88.9 Å². The van der Waals surface area contributed by atoms with Crippen LogP contribution in [0.2, 0.25) is 10.0 Å². The number of piperidine rings is 1. The summed E-state index contributed by atoms with van der Waals surface area (Å²) in [6.07, 6.45) is 1.64. The number of carbonyl (C=O) groups excluding carboxylic acids is 2. The van der Waals surface area contributed by atoms with Crippen LogP contribution in [0.25, 0.3) is 0 Å². The average molecular weight is 567 g/mol. The second-order valence-electron chi connectivity index (χ2n) is 10.6. The number of nitrogens with zero attached hydrogens (tertiary/aromatic N) is 3. The first-order valence-corrected chi connectivity index (χ1v) is 13.4. The molecule has 2 N–H and O–H groups in total. The highest BCUT2D eigenvalue weighted by Crippen LogP contribution is 2.32. The Kier molecular flexibility index (Phi) is 7.32. The summed E-state index contributed by atoms with van der Waals surface area (Å²) < 4.78 is 26.2. The molecule has 2 aromatic carbocycles. The fraction of sp³-hybridized carbons (Fsp3) is 0.481. The zero-order valence-electron chi connectivity index (χ0n) is 21.0. The first-order valence-electron chi connectivity index (χ1n) is 12.7. The van der Waals surface area contributed by atoms with Gasteiger partial charge in [-0.3, -0.25) is 14.5 Å². The Bertz CT molecular complexity index is 1220. The molecule has 0 spiro atoms. The van der Waals surface area contributed by atoms with E-state index in [-0.39, 0.29) is 22.5 Å². The van der Waals surface area contributed by atoms with Crippen molar-refractivity contribution in [2.75, 3.05) is 44.6 Å². The number of nitrogens with one attached hydrogen (secondary N) is 1. The molecule has 2 aromatic rings. The van der Waals surface area contributed by atoms with E-state index in [2.05, 4.69) is 10.2 Å². The fourth-order valence-electron chi connectivity index (χ4n) is 5.40. The average Bonchev–Trinajstić information content (AvgIpc) is 2.84. The SMILES string of the molecule is C[C@@](O)(C(=O)N1CCC(N2CC(Nc3ccc(C(=O)N4CC(F)(F)C4)c(Cl)c3)C2)CC1)c1cccc(Cl)c1. The molecule has 3 saturated heterocycles. The molecule has 0 saturated carbocycles. The molecule has 1 atom stereocenters. The number of anilines is 1. The number of hydrogen-bond donors (Lipinski definition) is 2. The van der Waals surface area contributed by atoms with Gasteiger partial charge in [-0.1, -0.05) is 35.3 Å². The van der Waals surface area contributed by atoms with Crippen molar-refractivity contribution in [2.45, 2.75) is 43.4 Å². The Hall–Kier alpha value is -2.46. The van der Waals surface area contributed by atoms with Gasteiger partial charge in [0.2, 0.25) is 0 Å². The van der Waals surface area contributed by atoms with Gasteiger partial charge in [-0.15, -0.1) is 0 Å². The maximum atomic E-state index is 13.1. The Balaban J connectivity index is 1.08. The van der Waals surface area contributed by atoms with Crippen LogP contribution in [0.4, 0.5) is 14.5 Å². The molecule has 2 amide bonds. The predicted molar refractivity (Wildman–Crippen MR) is 142 cm³/mol. The van der Waals surface area contributed by atoms with E-state index in [1.807, 2.05) is 0 Å². The van der Waals surface area contributed by atoms with E-state index in [0.717, 1.165) is 36.5 Å². The highest BCUT2D eigenvalue weighted by Gasteiger charge is 2.46. The van der Waals surface area contributed by atoms with Gasteiger partial charge in [0.05, 0.1) is 29.7 Å². The van der Waals surface area contributed by atoms with Gasteiger partial charge in [0.25, 0.3) is 17.7 Å². The summed E-state index contributed by atoms with van der Waals surface area (Å²) in [6, 6.07) is 12.3. The predicted octanol–water partition coefficient (Wildman–Crippen LogP) is 4.08. The van der Waals surface area contributed by atoms with E-state index >= 15 is 0 Å². The highest BCUT2D eigenvalue weighted by molar-refractivity contribution is 6.34. The van der Waals surface area contributed by atoms with Crippen LogP contribution in [0.5, 0.6) is 0 Å². The second kappa shape index (κ2) is 10.3. The number of rotatable bonds is 6. The summed E-state index contributed by atoms with van der Waals surface area (Å²) in [5, 5.41) is 15.1. The van der Waals surface area contributed by atoms with E-state index in [1.165, 1.54) is 6.92 Å². The lowest BCUT2D eigenvalue weighted by Gasteiger charge is -2.48. The second-order valence-corrected chi connectivity index (χ2v) is 11.5. The summed E-state index contributed by atoms with van der Waals surface area (Å²) in [5.74, 6) is -3.62. The molecule has 0 aromatic heterocycles. The first-order chi connectivity index (χ1) is 17.9. The summed E-state index contributed by atoms with van der Waals surface area (Å²) in [7, 11) is 0. The normalized spacial score (nSPS) is 21.8. The van der Waals surface area contributed by atoms with Crippen LogP contribution in [0.15, 0.2) is 42.5 Å². The van der Waals surface area contributed by atoms with E-state index in [9.17, 15) is 23.5 Å². The summed E-state index contributed by atoms with van der Waals surface area (Å²) >= 11 is 12.3. The van der Waals surface area contributed by atoms with Gasteiger partial charge in [0.15, 0.2) is 5.60 Å². The van der Waals surface area contributed by atoms with Gasteiger partial charge in [-0.2, -0.15) is 0 Å². The largest absolute Gasteiger partial charge is 0.380 e. The Morgan fingerprint density at radius 2 is 1.74 bits per heavy atom. The smallest absolute Gasteiger partial charge is 0.282 e. The van der Waals surface area contributed by atoms with Gasteiger partial charge >= 0.3 is 0 Å². The Morgan fingerprint density at radius 1 is 1.05 bits per heavy atom. The molecule has 3 fully saturated rings. The number of aliphatic hydroxyl groups is 1. The molecule has 204 valence electrons. The Labute approximate surface area is 230 Å². The highest BCUT2D eigenvalue weighted by atomic mass is 35.5. The van der Waals surface area contributed by atoms with Crippen molar-refractivity contribution in [1.29, 1.82) is 0 Å². The van der Waals surface area contributed by atoms with Crippen molar-refractivity contribution < 1.29 is 23.5 Å². The summed E-state index contributed by atoms with van der Waals surface area (Å²) in [6.45, 7) is 3.17. The third-order valence-electron chi connectivity index (χ3n) is 7.68. The van der Waals surface area contributed by atoms with Gasteiger partial charge in [-0.05, 0) is 55.7 Å². The first kappa shape index (κ1) is 27.1. The van der Waals surface area contributed by atoms with Gasteiger partial charge in [0.1, 0.15) is 0 Å². The minimum atomic E-state index is -2.82. The molecule has 7 nitrogen and oxygen atoms in total. The van der Waals surface area contributed by atoms with Crippen LogP contribution in [-0.2, 0) is 10.4 Å². The van der Waals surface area contributed by atoms with Crippen molar-refractivity contribution in [3.05, 3.63) is 63.6 Å². The van der Waals surface area contributed by atoms with Crippen molar-refractivity contribution in [3.63, 3.8) is 0 Å². The quantitative estimate of drug-likeness (QED) is 0.551. The molecular weight excluding hydrogens is 537 g/mol. The summed E-state index contributed by atoms with van der Waals surface area (Å²) in [5.41, 5.74) is -0.161. The molecule has 0 bridgehead atoms. The molecule has 5 rings (SSSR count). The van der Waals surface area contributed by atoms with Gasteiger partial charge in [-0.25, -0.2) is 8.78 Å². The third kappa shape index (κ3) is 5.47. The number of halogens is 4. The minimum absolute atomic E-state index is 0.213. The molecule has 0 aliphatic carbocycles. The van der Waals surface area contributed by atoms with E-state index in [4.69, 9.17) is 23.2 Å². The number of likely N-dealkylation sites (tertiary alicyclic amines) is 3. The summed E-state index contributed by atoms with van der Waals surface area (Å²) in [4.78, 5) is 30.7. The fourth-order valence-corrected chi connectivity index (χ4v) is 5.85. The van der Waals surface area contributed by atoms with Crippen LogP contribution >= 0.6 is 23.2 Å². The van der Waals surface area contributed by atoms with E-state index in [0.29, 0.717) is 29.7 Å². The van der Waals surface area contributed by atoms with Crippen LogP contribution in [0, 0.1) is 0 Å². The van der Waals surface area contributed by atoms with Gasteiger partial charge < -0.3 is 20.2 Å². The van der Waals surface area contributed by atoms with Crippen LogP contribution < -0.4 is 5.32 Å². The van der Waals surface area contributed by atoms with Crippen molar-refractivity contribution >= 4 is 40.7 Å². The molecule has 3 heterocycles. The van der Waals surface area contributed by atoms with Crippen molar-refractivity contribution in [1.82, 2.24) is 14.7 Å². The van der Waals surface area contributed by atoms with E-state index in [1.54, 1.807) is 47.4 Å². The molecule has 0 radical (unpaired) electrons. The maximum Gasteiger partial charge on any atom is 0.282 e. The van der Waals surface area contributed by atoms with Gasteiger partial charge in [0, 0.05) is 42.9 Å². The van der Waals surface area contributed by atoms with E-state index < -0.39 is 30.5 Å². The standard InChI is InChI=1S/C27H30Cl2F2N4O3/c1-26(38,17-3-2-4-18(28)11-17)25(37)33-9-7-21(8-10-33)34-13-20(14-34)32-19-5-6-22(23(29)12-19)24(36)35-15-27(30,31)16-35/h2-6,11-12,20-21,32,38H,7-10,13-16H2,1H3/t26-/m0/s1. The zero-order chi connectivity index (χ0) is 27.2. The zero-order valence-corrected chi connectivity index (χ0v) is 22.5. The van der Waals surface area contributed by atoms with Crippen molar-refractivity contribution in [3.8, 4) is 0 Å². The number of alkyl halides is 2. The molecule has 3 aliphatic rings. The molecule has 3 aliphatic heterocycles. The Morgan fingerprint density at radius 3 is 2.34 bits per heavy atom. The molecule has 11 heteroatoms. The molecular formula is C27H30Cl2F2N4O3. The van der Waals surface area contributed by atoms with Crippen LogP contribution in [0.3, 0.4) is 0 Å².